The van der Waals surface area contributed by atoms with Gasteiger partial charge >= 0.3 is 0 Å². The molecule has 1 amide bonds. The first-order valence-corrected chi connectivity index (χ1v) is 8.79. The number of halogens is 1. The van der Waals surface area contributed by atoms with Crippen molar-refractivity contribution in [3.8, 4) is 17.0 Å². The number of nitrogens with one attached hydrogen (secondary N) is 1. The number of carbonyl (C=O) groups is 1. The molecule has 8 nitrogen and oxygen atoms in total. The molecule has 1 saturated heterocycles. The Kier molecular flexibility index (Phi) is 5.43. The molecule has 0 unspecified atom stereocenters. The minimum absolute atomic E-state index is 0.0321. The predicted molar refractivity (Wildman–Crippen MR) is 97.1 cm³/mol. The lowest BCUT2D eigenvalue weighted by molar-refractivity contribution is 0.0577. The molecule has 27 heavy (non-hydrogen) atoms. The number of carbonyl (C=O) groups excluding carboxylic acids is 1. The summed E-state index contributed by atoms with van der Waals surface area (Å²) in [7, 11) is 0. The van der Waals surface area contributed by atoms with E-state index in [1.165, 1.54) is 6.20 Å². The third kappa shape index (κ3) is 4.81. The van der Waals surface area contributed by atoms with E-state index < -0.39 is 23.8 Å². The van der Waals surface area contributed by atoms with E-state index in [0.717, 1.165) is 0 Å². The van der Waals surface area contributed by atoms with Crippen molar-refractivity contribution in [1.29, 1.82) is 0 Å². The maximum atomic E-state index is 14.0. The average molecular weight is 377 g/mol. The molecule has 2 aromatic heterocycles. The van der Waals surface area contributed by atoms with Crippen LogP contribution in [0.5, 0.6) is 5.88 Å². The number of ether oxygens (including phenoxy) is 1. The van der Waals surface area contributed by atoms with Gasteiger partial charge in [0.1, 0.15) is 17.8 Å². The number of amides is 1. The second-order valence-corrected chi connectivity index (χ2v) is 7.35. The number of nitrogens with zero attached hydrogens (tertiary/aromatic N) is 3. The molecular weight excluding hydrogens is 353 g/mol. The Bertz CT molecular complexity index is 818. The Labute approximate surface area is 156 Å². The number of aromatic nitrogens is 3. The van der Waals surface area contributed by atoms with Gasteiger partial charge in [-0.15, -0.1) is 0 Å². The molecular formula is C18H24FN5O3. The molecule has 0 radical (unpaired) electrons. The smallest absolute Gasteiger partial charge is 0.254 e. The van der Waals surface area contributed by atoms with Gasteiger partial charge in [-0.2, -0.15) is 5.10 Å². The summed E-state index contributed by atoms with van der Waals surface area (Å²) in [5.74, 6) is -0.669. The summed E-state index contributed by atoms with van der Waals surface area (Å²) in [6.07, 6.45) is 3.51. The van der Waals surface area contributed by atoms with E-state index in [2.05, 4.69) is 15.4 Å². The highest BCUT2D eigenvalue weighted by Crippen LogP contribution is 2.26. The first-order chi connectivity index (χ1) is 12.7. The number of piperidine rings is 1. The Morgan fingerprint density at radius 2 is 2.26 bits per heavy atom. The normalized spacial score (nSPS) is 20.4. The van der Waals surface area contributed by atoms with Gasteiger partial charge < -0.3 is 20.9 Å². The standard InChI is InChI=1S/C18H24FN5O3/c1-18(2,26)10-24-9-12(7-23-24)11-5-13(16(20)25)17(22-6-11)27-15-3-4-21-8-14(15)19/h5-7,9,14-15,21,26H,3-4,8,10H2,1-2H3,(H2,20,25)/t14-,15+/m0/s1. The van der Waals surface area contributed by atoms with Crippen molar-refractivity contribution in [3.05, 3.63) is 30.2 Å². The molecule has 3 heterocycles. The highest BCUT2D eigenvalue weighted by Gasteiger charge is 2.28. The topological polar surface area (TPSA) is 115 Å². The number of alkyl halides is 1. The van der Waals surface area contributed by atoms with Crippen LogP contribution in [0, 0.1) is 0 Å². The summed E-state index contributed by atoms with van der Waals surface area (Å²) >= 11 is 0. The van der Waals surface area contributed by atoms with Crippen LogP contribution in [0.25, 0.3) is 11.1 Å². The highest BCUT2D eigenvalue weighted by atomic mass is 19.1. The largest absolute Gasteiger partial charge is 0.471 e. The summed E-state index contributed by atoms with van der Waals surface area (Å²) in [6.45, 7) is 4.53. The van der Waals surface area contributed by atoms with Crippen LogP contribution in [0.4, 0.5) is 4.39 Å². The van der Waals surface area contributed by atoms with Crippen LogP contribution < -0.4 is 15.8 Å². The van der Waals surface area contributed by atoms with Crippen LogP contribution in [0.15, 0.2) is 24.7 Å². The Morgan fingerprint density at radius 1 is 1.48 bits per heavy atom. The number of hydrogen-bond donors (Lipinski definition) is 3. The quantitative estimate of drug-likeness (QED) is 0.689. The number of rotatable bonds is 6. The van der Waals surface area contributed by atoms with Gasteiger partial charge in [0.25, 0.3) is 5.91 Å². The van der Waals surface area contributed by atoms with Gasteiger partial charge in [-0.1, -0.05) is 0 Å². The number of hydrogen-bond acceptors (Lipinski definition) is 6. The van der Waals surface area contributed by atoms with Gasteiger partial charge in [0.05, 0.1) is 18.3 Å². The van der Waals surface area contributed by atoms with Crippen LogP contribution >= 0.6 is 0 Å². The Morgan fingerprint density at radius 3 is 2.93 bits per heavy atom. The molecule has 0 aliphatic carbocycles. The highest BCUT2D eigenvalue weighted by molar-refractivity contribution is 5.96. The van der Waals surface area contributed by atoms with Gasteiger partial charge in [0.15, 0.2) is 0 Å². The molecule has 0 saturated carbocycles. The van der Waals surface area contributed by atoms with Crippen LogP contribution in [0.2, 0.25) is 0 Å². The first kappa shape index (κ1) is 19.2. The number of aliphatic hydroxyl groups is 1. The summed E-state index contributed by atoms with van der Waals surface area (Å²) < 4.78 is 21.2. The molecule has 3 rings (SSSR count). The maximum absolute atomic E-state index is 14.0. The predicted octanol–water partition coefficient (Wildman–Crippen LogP) is 0.894. The molecule has 2 aromatic rings. The van der Waals surface area contributed by atoms with Gasteiger partial charge in [-0.05, 0) is 32.9 Å². The summed E-state index contributed by atoms with van der Waals surface area (Å²) in [5, 5.41) is 17.0. The molecule has 1 fully saturated rings. The van der Waals surface area contributed by atoms with Gasteiger partial charge in [0, 0.05) is 30.1 Å². The fourth-order valence-electron chi connectivity index (χ4n) is 2.95. The fraction of sp³-hybridized carbons (Fsp3) is 0.500. The zero-order valence-corrected chi connectivity index (χ0v) is 15.4. The van der Waals surface area contributed by atoms with E-state index in [1.54, 1.807) is 37.0 Å². The molecule has 0 bridgehead atoms. The maximum Gasteiger partial charge on any atom is 0.254 e. The lowest BCUT2D eigenvalue weighted by Crippen LogP contribution is -2.44. The summed E-state index contributed by atoms with van der Waals surface area (Å²) in [6, 6.07) is 1.56. The van der Waals surface area contributed by atoms with E-state index in [0.29, 0.717) is 30.6 Å². The van der Waals surface area contributed by atoms with E-state index >= 15 is 0 Å². The Balaban J connectivity index is 1.84. The van der Waals surface area contributed by atoms with Crippen LogP contribution in [-0.4, -0.2) is 56.7 Å². The van der Waals surface area contributed by atoms with E-state index in [1.807, 2.05) is 0 Å². The minimum atomic E-state index is -1.18. The SMILES string of the molecule is CC(C)(O)Cn1cc(-c2cnc(O[C@@H]3CCNC[C@@H]3F)c(C(N)=O)c2)cn1. The monoisotopic (exact) mass is 377 g/mol. The lowest BCUT2D eigenvalue weighted by atomic mass is 10.1. The number of pyridine rings is 1. The van der Waals surface area contributed by atoms with Crippen LogP contribution in [-0.2, 0) is 6.54 Å². The van der Waals surface area contributed by atoms with Gasteiger partial charge in [0.2, 0.25) is 5.88 Å². The van der Waals surface area contributed by atoms with Crippen LogP contribution in [0.3, 0.4) is 0 Å². The second kappa shape index (κ2) is 7.61. The van der Waals surface area contributed by atoms with Crippen molar-refractivity contribution in [1.82, 2.24) is 20.1 Å². The third-order valence-electron chi connectivity index (χ3n) is 4.24. The van der Waals surface area contributed by atoms with E-state index in [-0.39, 0.29) is 18.0 Å². The van der Waals surface area contributed by atoms with Crippen molar-refractivity contribution in [2.24, 2.45) is 5.73 Å². The fourth-order valence-corrected chi connectivity index (χ4v) is 2.95. The molecule has 1 aliphatic heterocycles. The average Bonchev–Trinajstić information content (AvgIpc) is 3.03. The number of nitrogens with two attached hydrogens (primary N) is 1. The molecule has 146 valence electrons. The van der Waals surface area contributed by atoms with Crippen LogP contribution in [0.1, 0.15) is 30.6 Å². The molecule has 4 N–H and O–H groups in total. The van der Waals surface area contributed by atoms with Gasteiger partial charge in [-0.3, -0.25) is 9.48 Å². The molecule has 0 aromatic carbocycles. The van der Waals surface area contributed by atoms with Crippen molar-refractivity contribution < 1.29 is 19.0 Å². The molecule has 1 aliphatic rings. The van der Waals surface area contributed by atoms with Gasteiger partial charge in [-0.25, -0.2) is 9.37 Å². The van der Waals surface area contributed by atoms with Crippen molar-refractivity contribution >= 4 is 5.91 Å². The second-order valence-electron chi connectivity index (χ2n) is 7.35. The van der Waals surface area contributed by atoms with Crippen molar-refractivity contribution in [2.75, 3.05) is 13.1 Å². The lowest BCUT2D eigenvalue weighted by Gasteiger charge is -2.27. The third-order valence-corrected chi connectivity index (χ3v) is 4.24. The molecule has 2 atom stereocenters. The first-order valence-electron chi connectivity index (χ1n) is 8.79. The zero-order valence-electron chi connectivity index (χ0n) is 15.4. The zero-order chi connectivity index (χ0) is 19.6. The minimum Gasteiger partial charge on any atom is -0.471 e. The van der Waals surface area contributed by atoms with E-state index in [9.17, 15) is 14.3 Å². The number of primary amides is 1. The summed E-state index contributed by atoms with van der Waals surface area (Å²) in [5.41, 5.74) is 5.99. The Hall–Kier alpha value is -2.52. The van der Waals surface area contributed by atoms with E-state index in [4.69, 9.17) is 10.5 Å². The van der Waals surface area contributed by atoms with Crippen molar-refractivity contribution in [3.63, 3.8) is 0 Å². The molecule has 9 heteroatoms. The van der Waals surface area contributed by atoms with Crippen molar-refractivity contribution in [2.45, 2.75) is 44.7 Å². The molecule has 0 spiro atoms. The summed E-state index contributed by atoms with van der Waals surface area (Å²) in [4.78, 5) is 16.1.